The van der Waals surface area contributed by atoms with Crippen molar-refractivity contribution in [1.29, 1.82) is 5.26 Å². The molecule has 92 valence electrons. The first-order valence-electron chi connectivity index (χ1n) is 6.01. The number of benzene rings is 1. The van der Waals surface area contributed by atoms with Crippen LogP contribution in [0.3, 0.4) is 0 Å². The van der Waals surface area contributed by atoms with E-state index in [0.29, 0.717) is 13.0 Å². The summed E-state index contributed by atoms with van der Waals surface area (Å²) in [6, 6.07) is 8.18. The summed E-state index contributed by atoms with van der Waals surface area (Å²) >= 11 is 0. The lowest BCUT2D eigenvalue weighted by Gasteiger charge is -2.14. The first-order valence-corrected chi connectivity index (χ1v) is 6.01. The molecule has 3 heteroatoms. The van der Waals surface area contributed by atoms with Crippen LogP contribution in [0.1, 0.15) is 43.4 Å². The average Bonchev–Trinajstić information content (AvgIpc) is 2.28. The fourth-order valence-corrected chi connectivity index (χ4v) is 1.63. The number of aryl methyl sites for hydroxylation is 1. The molecule has 0 aliphatic carbocycles. The van der Waals surface area contributed by atoms with Crippen LogP contribution in [-0.2, 0) is 0 Å². The number of unbranched alkanes of at least 4 members (excludes halogenated alkanes) is 2. The number of rotatable bonds is 6. The van der Waals surface area contributed by atoms with Gasteiger partial charge >= 0.3 is 0 Å². The average molecular weight is 232 g/mol. The molecule has 0 spiro atoms. The van der Waals surface area contributed by atoms with Crippen molar-refractivity contribution in [1.82, 2.24) is 0 Å². The van der Waals surface area contributed by atoms with Gasteiger partial charge in [0.15, 0.2) is 0 Å². The number of ether oxygens (including phenoxy) is 1. The number of nitriles is 1. The highest BCUT2D eigenvalue weighted by atomic mass is 16.5. The topological polar surface area (TPSA) is 59.0 Å². The van der Waals surface area contributed by atoms with Crippen LogP contribution in [0, 0.1) is 18.3 Å². The van der Waals surface area contributed by atoms with Crippen LogP contribution in [-0.4, -0.2) is 6.61 Å². The Morgan fingerprint density at radius 2 is 2.18 bits per heavy atom. The van der Waals surface area contributed by atoms with Gasteiger partial charge in [-0.15, -0.1) is 0 Å². The van der Waals surface area contributed by atoms with Crippen molar-refractivity contribution >= 4 is 0 Å². The van der Waals surface area contributed by atoms with E-state index in [2.05, 4.69) is 6.07 Å². The fraction of sp³-hybridized carbons (Fsp3) is 0.500. The zero-order valence-corrected chi connectivity index (χ0v) is 10.6. The Labute approximate surface area is 103 Å². The predicted molar refractivity (Wildman–Crippen MR) is 68.7 cm³/mol. The van der Waals surface area contributed by atoms with E-state index in [9.17, 15) is 0 Å². The van der Waals surface area contributed by atoms with E-state index in [1.54, 1.807) is 0 Å². The third-order valence-electron chi connectivity index (χ3n) is 2.60. The molecule has 0 unspecified atom stereocenters. The Bertz CT molecular complexity index is 394. The second-order valence-corrected chi connectivity index (χ2v) is 4.29. The van der Waals surface area contributed by atoms with E-state index in [0.717, 1.165) is 24.2 Å². The van der Waals surface area contributed by atoms with Gasteiger partial charge in [-0.3, -0.25) is 0 Å². The Morgan fingerprint density at radius 1 is 1.41 bits per heavy atom. The van der Waals surface area contributed by atoms with Crippen molar-refractivity contribution in [3.05, 3.63) is 29.3 Å². The van der Waals surface area contributed by atoms with Gasteiger partial charge in [-0.2, -0.15) is 5.26 Å². The normalized spacial score (nSPS) is 11.9. The molecule has 0 saturated heterocycles. The van der Waals surface area contributed by atoms with Gasteiger partial charge in [0, 0.05) is 18.0 Å². The fourth-order valence-electron chi connectivity index (χ4n) is 1.63. The van der Waals surface area contributed by atoms with Crippen LogP contribution < -0.4 is 10.5 Å². The standard InChI is InChI=1S/C14H20N2O/c1-11-6-7-13(12(2)16)14(10-11)17-9-5-3-4-8-15/h6-7,10,12H,3-5,9,16H2,1-2H3/t12-/m0/s1. The molecule has 0 aliphatic heterocycles. The summed E-state index contributed by atoms with van der Waals surface area (Å²) in [6.45, 7) is 4.63. The summed E-state index contributed by atoms with van der Waals surface area (Å²) in [4.78, 5) is 0. The van der Waals surface area contributed by atoms with E-state index >= 15 is 0 Å². The Morgan fingerprint density at radius 3 is 2.82 bits per heavy atom. The Balaban J connectivity index is 2.57. The summed E-state index contributed by atoms with van der Waals surface area (Å²) in [7, 11) is 0. The van der Waals surface area contributed by atoms with Gasteiger partial charge in [-0.05, 0) is 38.3 Å². The van der Waals surface area contributed by atoms with Crippen LogP contribution in [0.2, 0.25) is 0 Å². The molecule has 3 nitrogen and oxygen atoms in total. The molecule has 2 N–H and O–H groups in total. The lowest BCUT2D eigenvalue weighted by Crippen LogP contribution is -2.09. The summed E-state index contributed by atoms with van der Waals surface area (Å²) in [5, 5.41) is 8.43. The molecule has 0 saturated carbocycles. The van der Waals surface area contributed by atoms with E-state index in [4.69, 9.17) is 15.7 Å². The molecular formula is C14H20N2O. The van der Waals surface area contributed by atoms with E-state index in [1.807, 2.05) is 32.0 Å². The van der Waals surface area contributed by atoms with Gasteiger partial charge in [0.1, 0.15) is 5.75 Å². The molecule has 0 amide bonds. The summed E-state index contributed by atoms with van der Waals surface area (Å²) in [5.41, 5.74) is 8.10. The second-order valence-electron chi connectivity index (χ2n) is 4.29. The minimum Gasteiger partial charge on any atom is -0.493 e. The van der Waals surface area contributed by atoms with Crippen molar-refractivity contribution in [2.24, 2.45) is 5.73 Å². The maximum atomic E-state index is 8.43. The van der Waals surface area contributed by atoms with Gasteiger partial charge in [0.05, 0.1) is 12.7 Å². The van der Waals surface area contributed by atoms with Crippen LogP contribution in [0.25, 0.3) is 0 Å². The zero-order valence-electron chi connectivity index (χ0n) is 10.6. The van der Waals surface area contributed by atoms with Crippen molar-refractivity contribution in [3.8, 4) is 11.8 Å². The minimum atomic E-state index is -0.0234. The highest BCUT2D eigenvalue weighted by Crippen LogP contribution is 2.25. The van der Waals surface area contributed by atoms with Gasteiger partial charge in [-0.1, -0.05) is 12.1 Å². The van der Waals surface area contributed by atoms with Crippen molar-refractivity contribution < 1.29 is 4.74 Å². The van der Waals surface area contributed by atoms with Crippen LogP contribution in [0.4, 0.5) is 0 Å². The highest BCUT2D eigenvalue weighted by molar-refractivity contribution is 5.38. The molecule has 1 aromatic rings. The van der Waals surface area contributed by atoms with E-state index < -0.39 is 0 Å². The maximum Gasteiger partial charge on any atom is 0.124 e. The minimum absolute atomic E-state index is 0.0234. The van der Waals surface area contributed by atoms with Crippen molar-refractivity contribution in [2.75, 3.05) is 6.61 Å². The summed E-state index contributed by atoms with van der Waals surface area (Å²) in [5.74, 6) is 0.872. The van der Waals surface area contributed by atoms with Crippen molar-refractivity contribution in [2.45, 2.75) is 39.2 Å². The molecule has 0 heterocycles. The Hall–Kier alpha value is -1.53. The molecule has 17 heavy (non-hydrogen) atoms. The zero-order chi connectivity index (χ0) is 12.7. The first-order chi connectivity index (χ1) is 8.15. The molecule has 0 aliphatic rings. The van der Waals surface area contributed by atoms with Crippen LogP contribution in [0.5, 0.6) is 5.75 Å². The molecule has 1 rings (SSSR count). The van der Waals surface area contributed by atoms with E-state index in [1.165, 1.54) is 5.56 Å². The van der Waals surface area contributed by atoms with Gasteiger partial charge in [0.25, 0.3) is 0 Å². The number of hydrogen-bond acceptors (Lipinski definition) is 3. The van der Waals surface area contributed by atoms with Gasteiger partial charge in [0.2, 0.25) is 0 Å². The predicted octanol–water partition coefficient (Wildman–Crippen LogP) is 3.09. The van der Waals surface area contributed by atoms with Gasteiger partial charge < -0.3 is 10.5 Å². The third kappa shape index (κ3) is 4.46. The quantitative estimate of drug-likeness (QED) is 0.767. The molecule has 0 bridgehead atoms. The molecule has 1 atom stereocenters. The monoisotopic (exact) mass is 232 g/mol. The summed E-state index contributed by atoms with van der Waals surface area (Å²) < 4.78 is 5.74. The van der Waals surface area contributed by atoms with Gasteiger partial charge in [-0.25, -0.2) is 0 Å². The molecule has 0 fully saturated rings. The smallest absolute Gasteiger partial charge is 0.124 e. The Kier molecular flexibility index (Phi) is 5.51. The SMILES string of the molecule is Cc1ccc([C@H](C)N)c(OCCCCC#N)c1. The second kappa shape index (κ2) is 6.93. The molecule has 0 radical (unpaired) electrons. The largest absolute Gasteiger partial charge is 0.493 e. The lowest BCUT2D eigenvalue weighted by atomic mass is 10.1. The summed E-state index contributed by atoms with van der Waals surface area (Å²) in [6.07, 6.45) is 2.38. The lowest BCUT2D eigenvalue weighted by molar-refractivity contribution is 0.303. The molecule has 0 aromatic heterocycles. The third-order valence-corrected chi connectivity index (χ3v) is 2.60. The van der Waals surface area contributed by atoms with E-state index in [-0.39, 0.29) is 6.04 Å². The van der Waals surface area contributed by atoms with Crippen LogP contribution >= 0.6 is 0 Å². The first kappa shape index (κ1) is 13.5. The highest BCUT2D eigenvalue weighted by Gasteiger charge is 2.07. The number of nitrogens with zero attached hydrogens (tertiary/aromatic N) is 1. The van der Waals surface area contributed by atoms with Crippen molar-refractivity contribution in [3.63, 3.8) is 0 Å². The number of hydrogen-bond donors (Lipinski definition) is 1. The molecule has 1 aromatic carbocycles. The van der Waals surface area contributed by atoms with Crippen LogP contribution in [0.15, 0.2) is 18.2 Å². The molecular weight excluding hydrogens is 212 g/mol. The maximum absolute atomic E-state index is 8.43. The number of nitrogens with two attached hydrogens (primary N) is 1.